The first-order valence-corrected chi connectivity index (χ1v) is 4.97. The van der Waals surface area contributed by atoms with E-state index < -0.39 is 0 Å². The van der Waals surface area contributed by atoms with Gasteiger partial charge in [0.15, 0.2) is 0 Å². The highest BCUT2D eigenvalue weighted by molar-refractivity contribution is 5.25. The molecule has 0 aliphatic heterocycles. The van der Waals surface area contributed by atoms with Crippen LogP contribution in [0, 0.1) is 0 Å². The summed E-state index contributed by atoms with van der Waals surface area (Å²) in [5.41, 5.74) is 1.10. The van der Waals surface area contributed by atoms with Crippen molar-refractivity contribution in [3.05, 3.63) is 42.5 Å². The van der Waals surface area contributed by atoms with Gasteiger partial charge in [0.05, 0.1) is 0 Å². The van der Waals surface area contributed by atoms with Gasteiger partial charge in [0.2, 0.25) is 5.95 Å². The Balaban J connectivity index is 1.83. The van der Waals surface area contributed by atoms with Crippen LogP contribution in [0.1, 0.15) is 5.69 Å². The molecule has 1 N–H and O–H groups in total. The number of hydrogen-bond acceptors (Lipinski definition) is 3. The Morgan fingerprint density at radius 1 is 1.27 bits per heavy atom. The lowest BCUT2D eigenvalue weighted by molar-refractivity contribution is 0.880. The minimum atomic E-state index is 0.849. The fourth-order valence-corrected chi connectivity index (χ4v) is 1.38. The van der Waals surface area contributed by atoms with Gasteiger partial charge < -0.3 is 9.88 Å². The van der Waals surface area contributed by atoms with Crippen LogP contribution >= 0.6 is 0 Å². The molecule has 2 heterocycles. The Morgan fingerprint density at radius 2 is 2.20 bits per heavy atom. The zero-order chi connectivity index (χ0) is 10.5. The summed E-state index contributed by atoms with van der Waals surface area (Å²) in [5, 5.41) is 3.25. The quantitative estimate of drug-likeness (QED) is 0.816. The van der Waals surface area contributed by atoms with Crippen molar-refractivity contribution in [3.63, 3.8) is 0 Å². The van der Waals surface area contributed by atoms with E-state index in [0.717, 1.165) is 24.6 Å². The number of anilines is 1. The molecule has 0 saturated carbocycles. The normalized spacial score (nSPS) is 10.2. The van der Waals surface area contributed by atoms with E-state index in [9.17, 15) is 0 Å². The maximum atomic E-state index is 4.25. The van der Waals surface area contributed by atoms with E-state index in [1.807, 2.05) is 42.2 Å². The molecule has 4 heteroatoms. The minimum absolute atomic E-state index is 0.849. The molecule has 4 nitrogen and oxygen atoms in total. The molecule has 0 aromatic carbocycles. The molecule has 2 aromatic heterocycles. The topological polar surface area (TPSA) is 42.7 Å². The molecular weight excluding hydrogens is 188 g/mol. The zero-order valence-electron chi connectivity index (χ0n) is 8.72. The van der Waals surface area contributed by atoms with Crippen LogP contribution in [0.3, 0.4) is 0 Å². The highest BCUT2D eigenvalue weighted by Crippen LogP contribution is 2.01. The molecule has 0 fully saturated rings. The predicted molar refractivity (Wildman–Crippen MR) is 59.6 cm³/mol. The summed E-state index contributed by atoms with van der Waals surface area (Å²) in [6.07, 6.45) is 6.43. The first-order valence-electron chi connectivity index (χ1n) is 4.97. The SMILES string of the molecule is Cn1ccnc1NCCc1ccccn1. The van der Waals surface area contributed by atoms with E-state index >= 15 is 0 Å². The lowest BCUT2D eigenvalue weighted by Crippen LogP contribution is -2.09. The van der Waals surface area contributed by atoms with E-state index in [-0.39, 0.29) is 0 Å². The molecule has 0 aliphatic rings. The summed E-state index contributed by atoms with van der Waals surface area (Å²) in [6.45, 7) is 0.849. The molecule has 0 saturated heterocycles. The molecule has 0 atom stereocenters. The first kappa shape index (κ1) is 9.71. The Morgan fingerprint density at radius 3 is 2.87 bits per heavy atom. The van der Waals surface area contributed by atoms with Crippen molar-refractivity contribution in [1.82, 2.24) is 14.5 Å². The van der Waals surface area contributed by atoms with Gasteiger partial charge in [0, 0.05) is 44.3 Å². The van der Waals surface area contributed by atoms with Crippen molar-refractivity contribution in [1.29, 1.82) is 0 Å². The van der Waals surface area contributed by atoms with E-state index in [2.05, 4.69) is 15.3 Å². The number of nitrogens with one attached hydrogen (secondary N) is 1. The Hall–Kier alpha value is -1.84. The number of imidazole rings is 1. The lowest BCUT2D eigenvalue weighted by atomic mass is 10.3. The second kappa shape index (κ2) is 4.59. The van der Waals surface area contributed by atoms with Crippen LogP contribution < -0.4 is 5.32 Å². The number of aryl methyl sites for hydroxylation is 1. The van der Waals surface area contributed by atoms with Gasteiger partial charge in [-0.25, -0.2) is 4.98 Å². The van der Waals surface area contributed by atoms with Gasteiger partial charge in [0.25, 0.3) is 0 Å². The molecule has 0 aliphatic carbocycles. The highest BCUT2D eigenvalue weighted by Gasteiger charge is 1.97. The van der Waals surface area contributed by atoms with Gasteiger partial charge in [-0.2, -0.15) is 0 Å². The minimum Gasteiger partial charge on any atom is -0.355 e. The summed E-state index contributed by atoms with van der Waals surface area (Å²) in [7, 11) is 1.97. The number of rotatable bonds is 4. The Bertz CT molecular complexity index is 408. The molecular formula is C11H14N4. The maximum Gasteiger partial charge on any atom is 0.202 e. The van der Waals surface area contributed by atoms with Crippen LogP contribution in [-0.4, -0.2) is 21.1 Å². The summed E-state index contributed by atoms with van der Waals surface area (Å²) >= 11 is 0. The third-order valence-electron chi connectivity index (χ3n) is 2.21. The van der Waals surface area contributed by atoms with E-state index in [1.54, 1.807) is 6.20 Å². The van der Waals surface area contributed by atoms with Crippen LogP contribution in [0.25, 0.3) is 0 Å². The third kappa shape index (κ3) is 2.56. The predicted octanol–water partition coefficient (Wildman–Crippen LogP) is 1.47. The van der Waals surface area contributed by atoms with Crippen molar-refractivity contribution in [3.8, 4) is 0 Å². The molecule has 0 unspecified atom stereocenters. The van der Waals surface area contributed by atoms with Crippen LogP contribution in [-0.2, 0) is 13.5 Å². The van der Waals surface area contributed by atoms with Crippen molar-refractivity contribution < 1.29 is 0 Å². The van der Waals surface area contributed by atoms with Crippen LogP contribution in [0.5, 0.6) is 0 Å². The highest BCUT2D eigenvalue weighted by atomic mass is 15.2. The average molecular weight is 202 g/mol. The summed E-state index contributed by atoms with van der Waals surface area (Å²) in [6, 6.07) is 5.96. The second-order valence-corrected chi connectivity index (χ2v) is 3.36. The average Bonchev–Trinajstić information content (AvgIpc) is 2.66. The summed E-state index contributed by atoms with van der Waals surface area (Å²) in [5.74, 6) is 0.894. The molecule has 2 aromatic rings. The number of pyridine rings is 1. The molecule has 78 valence electrons. The summed E-state index contributed by atoms with van der Waals surface area (Å²) in [4.78, 5) is 8.43. The Kier molecular flexibility index (Phi) is 2.97. The Labute approximate surface area is 89.0 Å². The van der Waals surface area contributed by atoms with Gasteiger partial charge in [0.1, 0.15) is 0 Å². The van der Waals surface area contributed by atoms with Crippen molar-refractivity contribution in [2.24, 2.45) is 7.05 Å². The largest absolute Gasteiger partial charge is 0.355 e. The van der Waals surface area contributed by atoms with Gasteiger partial charge in [-0.05, 0) is 12.1 Å². The van der Waals surface area contributed by atoms with Crippen LogP contribution in [0.4, 0.5) is 5.95 Å². The molecule has 0 amide bonds. The lowest BCUT2D eigenvalue weighted by Gasteiger charge is -2.04. The van der Waals surface area contributed by atoms with Crippen LogP contribution in [0.15, 0.2) is 36.8 Å². The van der Waals surface area contributed by atoms with Gasteiger partial charge in [-0.1, -0.05) is 6.07 Å². The summed E-state index contributed by atoms with van der Waals surface area (Å²) < 4.78 is 1.96. The fraction of sp³-hybridized carbons (Fsp3) is 0.273. The molecule has 0 spiro atoms. The monoisotopic (exact) mass is 202 g/mol. The van der Waals surface area contributed by atoms with Gasteiger partial charge >= 0.3 is 0 Å². The van der Waals surface area contributed by atoms with Crippen molar-refractivity contribution >= 4 is 5.95 Å². The molecule has 15 heavy (non-hydrogen) atoms. The van der Waals surface area contributed by atoms with Crippen molar-refractivity contribution in [2.75, 3.05) is 11.9 Å². The number of hydrogen-bond donors (Lipinski definition) is 1. The van der Waals surface area contributed by atoms with E-state index in [1.165, 1.54) is 0 Å². The number of aromatic nitrogens is 3. The standard InChI is InChI=1S/C11H14N4/c1-15-9-8-14-11(15)13-7-5-10-4-2-3-6-12-10/h2-4,6,8-9H,5,7H2,1H3,(H,13,14). The smallest absolute Gasteiger partial charge is 0.202 e. The maximum absolute atomic E-state index is 4.25. The molecule has 0 radical (unpaired) electrons. The van der Waals surface area contributed by atoms with E-state index in [0.29, 0.717) is 0 Å². The van der Waals surface area contributed by atoms with Gasteiger partial charge in [-0.15, -0.1) is 0 Å². The second-order valence-electron chi connectivity index (χ2n) is 3.36. The van der Waals surface area contributed by atoms with E-state index in [4.69, 9.17) is 0 Å². The first-order chi connectivity index (χ1) is 7.36. The van der Waals surface area contributed by atoms with Gasteiger partial charge in [-0.3, -0.25) is 4.98 Å². The fourth-order valence-electron chi connectivity index (χ4n) is 1.38. The number of nitrogens with zero attached hydrogens (tertiary/aromatic N) is 3. The van der Waals surface area contributed by atoms with Crippen LogP contribution in [0.2, 0.25) is 0 Å². The third-order valence-corrected chi connectivity index (χ3v) is 2.21. The zero-order valence-corrected chi connectivity index (χ0v) is 8.72. The molecule has 0 bridgehead atoms. The molecule has 2 rings (SSSR count). The van der Waals surface area contributed by atoms with Crippen molar-refractivity contribution in [2.45, 2.75) is 6.42 Å².